The van der Waals surface area contributed by atoms with Crippen LogP contribution in [-0.2, 0) is 45.0 Å². The van der Waals surface area contributed by atoms with Crippen LogP contribution in [0.25, 0.3) is 0 Å². The lowest BCUT2D eigenvalue weighted by molar-refractivity contribution is -0.132. The maximum Gasteiger partial charge on any atom is 0.259 e. The Morgan fingerprint density at radius 3 is 2.44 bits per heavy atom. The molecule has 4 N–H and O–H groups in total. The van der Waals surface area contributed by atoms with Gasteiger partial charge >= 0.3 is 0 Å². The maximum absolute atomic E-state index is 14.0. The zero-order chi connectivity index (χ0) is 37.4. The number of ether oxygens (including phenoxy) is 1. The quantitative estimate of drug-likeness (QED) is 0.304. The SMILES string of the molecule is COc1nc2c(cc1C(=O)N1CCCC(=O)N[C@@H](C)C(=O)N[C@H](Cc3ccccc3)C(=O)N[C@@H](C(C)C)c3nc(C)nn3CC(=O)NCC1)CCC2. The van der Waals surface area contributed by atoms with Gasteiger partial charge in [0.15, 0.2) is 5.82 Å². The minimum Gasteiger partial charge on any atom is -0.480 e. The van der Waals surface area contributed by atoms with E-state index in [1.165, 1.54) is 11.8 Å². The zero-order valence-electron chi connectivity index (χ0n) is 30.5. The number of aryl methyl sites for hydroxylation is 3. The van der Waals surface area contributed by atoms with Crippen molar-refractivity contribution < 1.29 is 28.7 Å². The molecule has 0 radical (unpaired) electrons. The van der Waals surface area contributed by atoms with Crippen LogP contribution in [0.3, 0.4) is 0 Å². The van der Waals surface area contributed by atoms with Crippen molar-refractivity contribution in [3.63, 3.8) is 0 Å². The van der Waals surface area contributed by atoms with Crippen molar-refractivity contribution in [1.29, 1.82) is 0 Å². The van der Waals surface area contributed by atoms with Gasteiger partial charge in [-0.3, -0.25) is 24.0 Å². The molecule has 5 rings (SSSR count). The number of nitrogens with one attached hydrogen (secondary N) is 4. The van der Waals surface area contributed by atoms with Crippen LogP contribution in [0.15, 0.2) is 36.4 Å². The van der Waals surface area contributed by atoms with Crippen LogP contribution in [0.5, 0.6) is 5.88 Å². The van der Waals surface area contributed by atoms with Gasteiger partial charge in [0, 0.05) is 38.2 Å². The van der Waals surface area contributed by atoms with Gasteiger partial charge < -0.3 is 30.9 Å². The summed E-state index contributed by atoms with van der Waals surface area (Å²) in [7, 11) is 1.48. The van der Waals surface area contributed by atoms with Gasteiger partial charge in [0.1, 0.15) is 30.0 Å². The Labute approximate surface area is 303 Å². The van der Waals surface area contributed by atoms with Gasteiger partial charge in [-0.1, -0.05) is 44.2 Å². The number of benzene rings is 1. The number of hydrogen-bond acceptors (Lipinski definition) is 9. The van der Waals surface area contributed by atoms with Crippen molar-refractivity contribution in [2.75, 3.05) is 26.7 Å². The Balaban J connectivity index is 1.42. The van der Waals surface area contributed by atoms with E-state index in [2.05, 4.69) is 36.3 Å². The number of amides is 5. The average Bonchev–Trinajstić information content (AvgIpc) is 3.73. The molecule has 1 aromatic carbocycles. The summed E-state index contributed by atoms with van der Waals surface area (Å²) in [6.45, 7) is 7.40. The standard InChI is InChI=1S/C37H49N9O6/c1-22(2)32-33-40-24(4)44-46(33)21-31(48)38-16-18-45(37(51)27-20-26-13-9-14-28(26)42-36(27)52-5)17-10-15-30(47)39-23(3)34(49)41-29(35(50)43-32)19-25-11-7-6-8-12-25/h6-8,11-12,20,22-23,29,32H,9-10,13-19,21H2,1-5H3,(H,38,48)(H,39,47)(H,41,49)(H,43,50)/t23-,29+,32-/m0/s1. The molecule has 2 aromatic heterocycles. The van der Waals surface area contributed by atoms with Crippen LogP contribution in [-0.4, -0.2) is 93.0 Å². The third kappa shape index (κ3) is 9.50. The highest BCUT2D eigenvalue weighted by Crippen LogP contribution is 2.28. The van der Waals surface area contributed by atoms with Crippen molar-refractivity contribution in [1.82, 2.24) is 45.9 Å². The van der Waals surface area contributed by atoms with Gasteiger partial charge in [0.2, 0.25) is 29.5 Å². The van der Waals surface area contributed by atoms with E-state index < -0.39 is 29.9 Å². The van der Waals surface area contributed by atoms with Crippen LogP contribution in [0.4, 0.5) is 0 Å². The van der Waals surface area contributed by atoms with E-state index in [4.69, 9.17) is 4.74 Å². The first-order chi connectivity index (χ1) is 24.9. The van der Waals surface area contributed by atoms with Gasteiger partial charge in [0.25, 0.3) is 5.91 Å². The molecular formula is C37H49N9O6. The fourth-order valence-electron chi connectivity index (χ4n) is 6.54. The van der Waals surface area contributed by atoms with Crippen molar-refractivity contribution >= 4 is 29.5 Å². The van der Waals surface area contributed by atoms with E-state index in [-0.39, 0.29) is 75.0 Å². The lowest BCUT2D eigenvalue weighted by Crippen LogP contribution is -2.54. The average molecular weight is 716 g/mol. The molecule has 5 amide bonds. The summed E-state index contributed by atoms with van der Waals surface area (Å²) < 4.78 is 6.98. The number of fused-ring (bicyclic) bond motifs is 2. The van der Waals surface area contributed by atoms with Gasteiger partial charge in [0.05, 0.1) is 13.2 Å². The topological polar surface area (TPSA) is 190 Å². The van der Waals surface area contributed by atoms with Gasteiger partial charge in [-0.15, -0.1) is 0 Å². The normalized spacial score (nSPS) is 21.0. The molecule has 15 heteroatoms. The fourth-order valence-corrected chi connectivity index (χ4v) is 6.54. The molecule has 0 spiro atoms. The van der Waals surface area contributed by atoms with Gasteiger partial charge in [-0.25, -0.2) is 14.6 Å². The number of pyridine rings is 1. The number of aromatic nitrogens is 4. The molecule has 1 aliphatic heterocycles. The van der Waals surface area contributed by atoms with Crippen molar-refractivity contribution in [3.05, 3.63) is 70.4 Å². The summed E-state index contributed by atoms with van der Waals surface area (Å²) in [5, 5.41) is 15.9. The van der Waals surface area contributed by atoms with Crippen molar-refractivity contribution in [2.24, 2.45) is 5.92 Å². The van der Waals surface area contributed by atoms with Crippen LogP contribution in [0, 0.1) is 12.8 Å². The van der Waals surface area contributed by atoms with Crippen molar-refractivity contribution in [2.45, 2.75) is 90.9 Å². The van der Waals surface area contributed by atoms with E-state index in [1.807, 2.05) is 50.2 Å². The summed E-state index contributed by atoms with van der Waals surface area (Å²) >= 11 is 0. The van der Waals surface area contributed by atoms with E-state index in [0.29, 0.717) is 17.2 Å². The third-order valence-electron chi connectivity index (χ3n) is 9.29. The zero-order valence-corrected chi connectivity index (χ0v) is 30.5. The highest BCUT2D eigenvalue weighted by atomic mass is 16.5. The second-order valence-electron chi connectivity index (χ2n) is 13.7. The largest absolute Gasteiger partial charge is 0.480 e. The molecule has 3 aromatic rings. The summed E-state index contributed by atoms with van der Waals surface area (Å²) in [6.07, 6.45) is 3.13. The Morgan fingerprint density at radius 2 is 1.71 bits per heavy atom. The van der Waals surface area contributed by atoms with E-state index in [0.717, 1.165) is 36.1 Å². The van der Waals surface area contributed by atoms with Crippen LogP contribution in [0.1, 0.15) is 84.9 Å². The van der Waals surface area contributed by atoms with Crippen molar-refractivity contribution in [3.8, 4) is 5.88 Å². The molecule has 0 fully saturated rings. The Bertz CT molecular complexity index is 1780. The number of carbonyl (C=O) groups excluding carboxylic acids is 5. The predicted octanol–water partition coefficient (Wildman–Crippen LogP) is 1.58. The summed E-state index contributed by atoms with van der Waals surface area (Å²) in [5.74, 6) is -1.14. The van der Waals surface area contributed by atoms with Gasteiger partial charge in [-0.05, 0) is 62.6 Å². The number of hydrogen-bond donors (Lipinski definition) is 4. The second kappa shape index (κ2) is 17.2. The van der Waals surface area contributed by atoms with E-state index in [9.17, 15) is 24.0 Å². The smallest absolute Gasteiger partial charge is 0.259 e. The van der Waals surface area contributed by atoms with Crippen LogP contribution >= 0.6 is 0 Å². The molecular weight excluding hydrogens is 666 g/mol. The number of methoxy groups -OCH3 is 1. The van der Waals surface area contributed by atoms with Crippen LogP contribution in [0.2, 0.25) is 0 Å². The molecule has 0 unspecified atom stereocenters. The molecule has 15 nitrogen and oxygen atoms in total. The summed E-state index contributed by atoms with van der Waals surface area (Å²) in [5.41, 5.74) is 3.10. The van der Waals surface area contributed by atoms with E-state index >= 15 is 0 Å². The van der Waals surface area contributed by atoms with Crippen LogP contribution < -0.4 is 26.0 Å². The molecule has 278 valence electrons. The summed E-state index contributed by atoms with van der Waals surface area (Å²) in [4.78, 5) is 78.4. The maximum atomic E-state index is 14.0. The Hall–Kier alpha value is -5.34. The molecule has 3 atom stereocenters. The first kappa shape index (κ1) is 37.9. The molecule has 1 aliphatic carbocycles. The Kier molecular flexibility index (Phi) is 12.6. The minimum absolute atomic E-state index is 0.0335. The molecule has 2 aliphatic rings. The summed E-state index contributed by atoms with van der Waals surface area (Å²) in [6, 6.07) is 8.57. The molecule has 0 bridgehead atoms. The fraction of sp³-hybridized carbons (Fsp3) is 0.514. The number of nitrogens with zero attached hydrogens (tertiary/aromatic N) is 5. The monoisotopic (exact) mass is 715 g/mol. The highest BCUT2D eigenvalue weighted by molar-refractivity contribution is 5.97. The number of rotatable bonds is 5. The molecule has 52 heavy (non-hydrogen) atoms. The highest BCUT2D eigenvalue weighted by Gasteiger charge is 2.31. The lowest BCUT2D eigenvalue weighted by atomic mass is 10.0. The lowest BCUT2D eigenvalue weighted by Gasteiger charge is -2.27. The first-order valence-electron chi connectivity index (χ1n) is 17.9. The first-order valence-corrected chi connectivity index (χ1v) is 17.9. The molecule has 0 saturated carbocycles. The third-order valence-corrected chi connectivity index (χ3v) is 9.29. The number of carbonyl (C=O) groups is 5. The predicted molar refractivity (Wildman–Crippen MR) is 191 cm³/mol. The molecule has 0 saturated heterocycles. The minimum atomic E-state index is -0.980. The van der Waals surface area contributed by atoms with E-state index in [1.54, 1.807) is 18.7 Å². The second-order valence-corrected chi connectivity index (χ2v) is 13.7. The van der Waals surface area contributed by atoms with Gasteiger partial charge in [-0.2, -0.15) is 5.10 Å². The Morgan fingerprint density at radius 1 is 0.942 bits per heavy atom. The molecule has 3 heterocycles.